The van der Waals surface area contributed by atoms with E-state index in [4.69, 9.17) is 4.74 Å². The Balaban J connectivity index is 1.54. The van der Waals surface area contributed by atoms with E-state index in [1.165, 1.54) is 0 Å². The highest BCUT2D eigenvalue weighted by molar-refractivity contribution is 5.81. The molecule has 2 aliphatic rings. The summed E-state index contributed by atoms with van der Waals surface area (Å²) in [6.07, 6.45) is -0.959. The first-order chi connectivity index (χ1) is 11.4. The summed E-state index contributed by atoms with van der Waals surface area (Å²) in [4.78, 5) is 21.0. The fourth-order valence-corrected chi connectivity index (χ4v) is 3.01. The molecule has 9 heteroatoms. The number of carbonyl (C=O) groups excluding carboxylic acids is 1. The fraction of sp³-hybridized carbons (Fsp3) is 0.667. The predicted molar refractivity (Wildman–Crippen MR) is 79.4 cm³/mol. The van der Waals surface area contributed by atoms with Gasteiger partial charge in [0.15, 0.2) is 0 Å². The molecule has 0 radical (unpaired) electrons. The van der Waals surface area contributed by atoms with Crippen molar-refractivity contribution in [1.29, 1.82) is 0 Å². The van der Waals surface area contributed by atoms with Gasteiger partial charge in [0.25, 0.3) is 0 Å². The molecule has 0 aliphatic carbocycles. The molecule has 1 aromatic heterocycles. The van der Waals surface area contributed by atoms with E-state index < -0.39 is 11.9 Å². The quantitative estimate of drug-likeness (QED) is 0.905. The summed E-state index contributed by atoms with van der Waals surface area (Å²) in [5, 5.41) is 2.97. The van der Waals surface area contributed by atoms with Gasteiger partial charge in [0.2, 0.25) is 5.91 Å². The summed E-state index contributed by atoms with van der Waals surface area (Å²) < 4.78 is 43.5. The largest absolute Gasteiger partial charge is 0.433 e. The molecule has 1 aromatic rings. The monoisotopic (exact) mass is 344 g/mol. The molecule has 0 bridgehead atoms. The van der Waals surface area contributed by atoms with Gasteiger partial charge in [-0.15, -0.1) is 0 Å². The summed E-state index contributed by atoms with van der Waals surface area (Å²) in [5.41, 5.74) is -0.943. The third-order valence-electron chi connectivity index (χ3n) is 4.33. The zero-order chi connectivity index (χ0) is 17.2. The number of anilines is 1. The Morgan fingerprint density at radius 2 is 2.00 bits per heavy atom. The van der Waals surface area contributed by atoms with Gasteiger partial charge in [-0.25, -0.2) is 9.97 Å². The topological polar surface area (TPSA) is 67.4 Å². The van der Waals surface area contributed by atoms with Gasteiger partial charge in [-0.1, -0.05) is 0 Å². The average Bonchev–Trinajstić information content (AvgIpc) is 3.09. The van der Waals surface area contributed by atoms with Crippen LogP contribution in [0.5, 0.6) is 0 Å². The molecule has 1 unspecified atom stereocenters. The highest BCUT2D eigenvalue weighted by atomic mass is 19.4. The SMILES string of the molecule is O=C(NC1CCN(c2cc(C(F)(F)F)ncn2)CC1)C1CCCO1. The molecule has 0 saturated carbocycles. The molecule has 0 spiro atoms. The molecule has 3 rings (SSSR count). The van der Waals surface area contributed by atoms with Crippen LogP contribution in [0.3, 0.4) is 0 Å². The van der Waals surface area contributed by atoms with Crippen LogP contribution in [0.15, 0.2) is 12.4 Å². The van der Waals surface area contributed by atoms with Crippen molar-refractivity contribution in [2.24, 2.45) is 0 Å². The molecular weight excluding hydrogens is 325 g/mol. The number of hydrogen-bond donors (Lipinski definition) is 1. The van der Waals surface area contributed by atoms with Crippen LogP contribution in [0.25, 0.3) is 0 Å². The lowest BCUT2D eigenvalue weighted by atomic mass is 10.0. The first kappa shape index (κ1) is 16.9. The van der Waals surface area contributed by atoms with Crippen molar-refractivity contribution in [1.82, 2.24) is 15.3 Å². The molecule has 132 valence electrons. The van der Waals surface area contributed by atoms with Gasteiger partial charge in [-0.3, -0.25) is 4.79 Å². The average molecular weight is 344 g/mol. The van der Waals surface area contributed by atoms with Crippen LogP contribution in [0, 0.1) is 0 Å². The van der Waals surface area contributed by atoms with E-state index in [0.717, 1.165) is 25.2 Å². The highest BCUT2D eigenvalue weighted by Crippen LogP contribution is 2.29. The van der Waals surface area contributed by atoms with Gasteiger partial charge in [-0.05, 0) is 25.7 Å². The Morgan fingerprint density at radius 3 is 2.62 bits per heavy atom. The Labute approximate surface area is 137 Å². The number of amides is 1. The molecule has 0 aromatic carbocycles. The third kappa shape index (κ3) is 3.95. The predicted octanol–water partition coefficient (Wildman–Crippen LogP) is 1.76. The van der Waals surface area contributed by atoms with Crippen LogP contribution in [-0.2, 0) is 15.7 Å². The van der Waals surface area contributed by atoms with E-state index in [0.29, 0.717) is 32.5 Å². The smallest absolute Gasteiger partial charge is 0.368 e. The summed E-state index contributed by atoms with van der Waals surface area (Å²) in [6, 6.07) is 0.979. The number of carbonyl (C=O) groups is 1. The number of ether oxygens (including phenoxy) is 1. The molecule has 1 amide bonds. The lowest BCUT2D eigenvalue weighted by Crippen LogP contribution is -2.47. The van der Waals surface area contributed by atoms with Gasteiger partial charge in [0.1, 0.15) is 23.9 Å². The number of halogens is 3. The van der Waals surface area contributed by atoms with Crippen LogP contribution in [-0.4, -0.2) is 47.7 Å². The van der Waals surface area contributed by atoms with E-state index in [-0.39, 0.29) is 23.9 Å². The van der Waals surface area contributed by atoms with Crippen molar-refractivity contribution in [2.45, 2.75) is 44.0 Å². The van der Waals surface area contributed by atoms with E-state index in [1.54, 1.807) is 4.90 Å². The number of nitrogens with one attached hydrogen (secondary N) is 1. The van der Waals surface area contributed by atoms with Crippen molar-refractivity contribution in [3.8, 4) is 0 Å². The van der Waals surface area contributed by atoms with Gasteiger partial charge in [0, 0.05) is 31.8 Å². The standard InChI is InChI=1S/C15H19F3N4O2/c16-15(17,18)12-8-13(20-9-19-12)22-5-3-10(4-6-22)21-14(23)11-2-1-7-24-11/h8-11H,1-7H2,(H,21,23). The zero-order valence-corrected chi connectivity index (χ0v) is 13.1. The van der Waals surface area contributed by atoms with Crippen molar-refractivity contribution in [2.75, 3.05) is 24.6 Å². The molecule has 1 N–H and O–H groups in total. The van der Waals surface area contributed by atoms with Gasteiger partial charge >= 0.3 is 6.18 Å². The molecule has 24 heavy (non-hydrogen) atoms. The fourth-order valence-electron chi connectivity index (χ4n) is 3.01. The second-order valence-corrected chi connectivity index (χ2v) is 6.03. The van der Waals surface area contributed by atoms with Crippen LogP contribution in [0.2, 0.25) is 0 Å². The summed E-state index contributed by atoms with van der Waals surface area (Å²) in [5.74, 6) is 0.175. The third-order valence-corrected chi connectivity index (χ3v) is 4.33. The maximum atomic E-state index is 12.7. The summed E-state index contributed by atoms with van der Waals surface area (Å²) in [6.45, 7) is 1.68. The minimum atomic E-state index is -4.48. The Morgan fingerprint density at radius 1 is 1.25 bits per heavy atom. The highest BCUT2D eigenvalue weighted by Gasteiger charge is 2.34. The number of aromatic nitrogens is 2. The molecule has 6 nitrogen and oxygen atoms in total. The van der Waals surface area contributed by atoms with E-state index >= 15 is 0 Å². The molecule has 2 fully saturated rings. The second-order valence-electron chi connectivity index (χ2n) is 6.03. The van der Waals surface area contributed by atoms with E-state index in [9.17, 15) is 18.0 Å². The maximum absolute atomic E-state index is 12.7. The van der Waals surface area contributed by atoms with E-state index in [1.807, 2.05) is 0 Å². The molecule has 3 heterocycles. The lowest BCUT2D eigenvalue weighted by Gasteiger charge is -2.33. The van der Waals surface area contributed by atoms with Crippen LogP contribution in [0.1, 0.15) is 31.4 Å². The number of piperidine rings is 1. The first-order valence-corrected chi connectivity index (χ1v) is 7.99. The van der Waals surface area contributed by atoms with Crippen molar-refractivity contribution in [3.63, 3.8) is 0 Å². The Hall–Kier alpha value is -1.90. The summed E-state index contributed by atoms with van der Waals surface area (Å²) in [7, 11) is 0. The number of nitrogens with zero attached hydrogens (tertiary/aromatic N) is 3. The summed E-state index contributed by atoms with van der Waals surface area (Å²) >= 11 is 0. The Kier molecular flexibility index (Phi) is 4.88. The van der Waals surface area contributed by atoms with Gasteiger partial charge in [-0.2, -0.15) is 13.2 Å². The number of rotatable bonds is 3. The molecule has 1 atom stereocenters. The molecule has 2 saturated heterocycles. The van der Waals surface area contributed by atoms with Gasteiger partial charge < -0.3 is 15.0 Å². The molecule has 2 aliphatic heterocycles. The first-order valence-electron chi connectivity index (χ1n) is 7.99. The van der Waals surface area contributed by atoms with Crippen LogP contribution < -0.4 is 10.2 Å². The van der Waals surface area contributed by atoms with Crippen molar-refractivity contribution < 1.29 is 22.7 Å². The van der Waals surface area contributed by atoms with E-state index in [2.05, 4.69) is 15.3 Å². The zero-order valence-electron chi connectivity index (χ0n) is 13.1. The molecular formula is C15H19F3N4O2. The minimum absolute atomic E-state index is 0.0156. The van der Waals surface area contributed by atoms with Crippen molar-refractivity contribution in [3.05, 3.63) is 18.1 Å². The van der Waals surface area contributed by atoms with Crippen molar-refractivity contribution >= 4 is 11.7 Å². The van der Waals surface area contributed by atoms with Crippen LogP contribution in [0.4, 0.5) is 19.0 Å². The normalized spacial score (nSPS) is 22.6. The van der Waals surface area contributed by atoms with Gasteiger partial charge in [0.05, 0.1) is 0 Å². The maximum Gasteiger partial charge on any atom is 0.433 e. The Bertz CT molecular complexity index is 582. The number of alkyl halides is 3. The second kappa shape index (κ2) is 6.92. The number of hydrogen-bond acceptors (Lipinski definition) is 5. The minimum Gasteiger partial charge on any atom is -0.368 e. The van der Waals surface area contributed by atoms with Crippen LogP contribution >= 0.6 is 0 Å². The lowest BCUT2D eigenvalue weighted by molar-refractivity contribution is -0.141.